The minimum atomic E-state index is -0.852. The van der Waals surface area contributed by atoms with Crippen LogP contribution >= 0.6 is 0 Å². The van der Waals surface area contributed by atoms with Crippen molar-refractivity contribution < 1.29 is 13.9 Å². The number of hydrogen-bond acceptors (Lipinski definition) is 8. The second-order valence-corrected chi connectivity index (χ2v) is 9.25. The van der Waals surface area contributed by atoms with Crippen LogP contribution in [0.5, 0.6) is 0 Å². The van der Waals surface area contributed by atoms with E-state index in [0.717, 1.165) is 16.6 Å². The SMILES string of the molecule is OC(Cc1ccccc1)Nc1cncc(-c2ncc3[nH]nc(-c4nc5c(-c6ccoc6)nccc5[nH]4)c3c2F)c1. The normalized spacial score (nSPS) is 12.2. The van der Waals surface area contributed by atoms with E-state index in [-0.39, 0.29) is 11.1 Å². The molecule has 1 aromatic carbocycles. The summed E-state index contributed by atoms with van der Waals surface area (Å²) in [6, 6.07) is 14.9. The molecule has 1 unspecified atom stereocenters. The highest BCUT2D eigenvalue weighted by Crippen LogP contribution is 2.34. The monoisotopic (exact) mass is 532 g/mol. The van der Waals surface area contributed by atoms with Crippen molar-refractivity contribution in [2.24, 2.45) is 0 Å². The Morgan fingerprint density at radius 3 is 2.70 bits per heavy atom. The van der Waals surface area contributed by atoms with Crippen LogP contribution in [-0.4, -0.2) is 46.5 Å². The van der Waals surface area contributed by atoms with Gasteiger partial charge in [-0.3, -0.25) is 20.1 Å². The molecular formula is C29H21FN8O2. The van der Waals surface area contributed by atoms with Crippen molar-refractivity contribution in [1.82, 2.24) is 35.1 Å². The lowest BCUT2D eigenvalue weighted by atomic mass is 10.1. The fraction of sp³-hybridized carbons (Fsp3) is 0.0690. The van der Waals surface area contributed by atoms with Gasteiger partial charge in [-0.1, -0.05) is 30.3 Å². The summed E-state index contributed by atoms with van der Waals surface area (Å²) in [6.45, 7) is 0. The van der Waals surface area contributed by atoms with E-state index in [0.29, 0.717) is 45.9 Å². The lowest BCUT2D eigenvalue weighted by Gasteiger charge is -2.15. The second-order valence-electron chi connectivity index (χ2n) is 9.25. The van der Waals surface area contributed by atoms with Gasteiger partial charge in [0.05, 0.1) is 47.0 Å². The summed E-state index contributed by atoms with van der Waals surface area (Å²) in [5.74, 6) is -0.189. The Morgan fingerprint density at radius 1 is 0.950 bits per heavy atom. The van der Waals surface area contributed by atoms with E-state index in [4.69, 9.17) is 9.40 Å². The first kappa shape index (κ1) is 23.7. The number of pyridine rings is 3. The summed E-state index contributed by atoms with van der Waals surface area (Å²) in [5, 5.41) is 21.0. The Hall–Kier alpha value is -5.42. The number of halogens is 1. The second kappa shape index (κ2) is 9.71. The third kappa shape index (κ3) is 4.24. The maximum Gasteiger partial charge on any atom is 0.161 e. The van der Waals surface area contributed by atoms with E-state index in [1.54, 1.807) is 43.1 Å². The molecule has 0 saturated heterocycles. The Balaban J connectivity index is 1.24. The van der Waals surface area contributed by atoms with E-state index >= 15 is 4.39 Å². The number of nitrogens with one attached hydrogen (secondary N) is 3. The average Bonchev–Trinajstić information content (AvgIpc) is 3.73. The molecule has 0 saturated carbocycles. The van der Waals surface area contributed by atoms with E-state index in [1.807, 2.05) is 30.3 Å². The van der Waals surface area contributed by atoms with E-state index in [2.05, 4.69) is 35.5 Å². The Morgan fingerprint density at radius 2 is 1.85 bits per heavy atom. The van der Waals surface area contributed by atoms with Crippen molar-refractivity contribution in [3.63, 3.8) is 0 Å². The minimum Gasteiger partial charge on any atom is -0.472 e. The third-order valence-corrected chi connectivity index (χ3v) is 6.58. The van der Waals surface area contributed by atoms with Gasteiger partial charge in [-0.25, -0.2) is 9.37 Å². The lowest BCUT2D eigenvalue weighted by molar-refractivity contribution is 0.204. The molecule has 0 fully saturated rings. The fourth-order valence-electron chi connectivity index (χ4n) is 4.73. The highest BCUT2D eigenvalue weighted by atomic mass is 19.1. The number of aromatic amines is 2. The van der Waals surface area contributed by atoms with Gasteiger partial charge in [0.15, 0.2) is 11.6 Å². The number of aliphatic hydroxyl groups is 1. The molecule has 6 aromatic heterocycles. The van der Waals surface area contributed by atoms with Crippen LogP contribution in [0.3, 0.4) is 0 Å². The van der Waals surface area contributed by atoms with Crippen LogP contribution in [0, 0.1) is 5.82 Å². The first-order valence-corrected chi connectivity index (χ1v) is 12.5. The zero-order valence-electron chi connectivity index (χ0n) is 20.8. The number of fused-ring (bicyclic) bond motifs is 2. The first-order valence-electron chi connectivity index (χ1n) is 12.5. The summed E-state index contributed by atoms with van der Waals surface area (Å²) in [5.41, 5.74) is 5.55. The van der Waals surface area contributed by atoms with Gasteiger partial charge in [-0.15, -0.1) is 0 Å². The van der Waals surface area contributed by atoms with Gasteiger partial charge >= 0.3 is 0 Å². The lowest BCUT2D eigenvalue weighted by Crippen LogP contribution is -2.21. The van der Waals surface area contributed by atoms with Crippen molar-refractivity contribution in [2.45, 2.75) is 12.6 Å². The molecule has 7 rings (SSSR count). The number of hydrogen-bond donors (Lipinski definition) is 4. The molecule has 0 radical (unpaired) electrons. The van der Waals surface area contributed by atoms with Crippen LogP contribution in [0.1, 0.15) is 5.56 Å². The number of aliphatic hydroxyl groups excluding tert-OH is 1. The number of benzene rings is 1. The van der Waals surface area contributed by atoms with Crippen LogP contribution in [0.15, 0.2) is 90.3 Å². The minimum absolute atomic E-state index is 0.0979. The first-order chi connectivity index (χ1) is 19.6. The molecular weight excluding hydrogens is 511 g/mol. The van der Waals surface area contributed by atoms with E-state index in [1.165, 1.54) is 12.4 Å². The molecule has 0 bridgehead atoms. The smallest absolute Gasteiger partial charge is 0.161 e. The van der Waals surface area contributed by atoms with Gasteiger partial charge in [-0.05, 0) is 23.8 Å². The number of furan rings is 1. The molecule has 1 atom stereocenters. The molecule has 11 heteroatoms. The molecule has 0 spiro atoms. The number of aromatic nitrogens is 7. The number of H-pyrrole nitrogens is 2. The summed E-state index contributed by atoms with van der Waals surface area (Å²) >= 11 is 0. The van der Waals surface area contributed by atoms with Gasteiger partial charge in [0.2, 0.25) is 0 Å². The molecule has 10 nitrogen and oxygen atoms in total. The molecule has 4 N–H and O–H groups in total. The largest absolute Gasteiger partial charge is 0.472 e. The predicted octanol–water partition coefficient (Wildman–Crippen LogP) is 5.33. The van der Waals surface area contributed by atoms with E-state index < -0.39 is 12.0 Å². The predicted molar refractivity (Wildman–Crippen MR) is 147 cm³/mol. The van der Waals surface area contributed by atoms with Gasteiger partial charge in [-0.2, -0.15) is 5.10 Å². The van der Waals surface area contributed by atoms with Crippen molar-refractivity contribution in [2.75, 3.05) is 5.32 Å². The van der Waals surface area contributed by atoms with Gasteiger partial charge < -0.3 is 19.8 Å². The van der Waals surface area contributed by atoms with Crippen molar-refractivity contribution >= 4 is 27.6 Å². The fourth-order valence-corrected chi connectivity index (χ4v) is 4.73. The molecule has 0 aliphatic rings. The maximum atomic E-state index is 16.1. The molecule has 6 heterocycles. The highest BCUT2D eigenvalue weighted by molar-refractivity contribution is 5.97. The van der Waals surface area contributed by atoms with Gasteiger partial charge in [0, 0.05) is 29.9 Å². The Labute approximate surface area is 226 Å². The maximum absolute atomic E-state index is 16.1. The highest BCUT2D eigenvalue weighted by Gasteiger charge is 2.22. The van der Waals surface area contributed by atoms with Gasteiger partial charge in [0.1, 0.15) is 28.8 Å². The molecule has 0 aliphatic carbocycles. The molecule has 196 valence electrons. The van der Waals surface area contributed by atoms with Crippen LogP contribution in [0.4, 0.5) is 10.1 Å². The summed E-state index contributed by atoms with van der Waals surface area (Å²) in [7, 11) is 0. The standard InChI is InChI=1S/C29H21FN8O2/c30-24-23-21(37-38-28(23)29-35-20-6-8-32-26(27(20)36-29)17-7-9-40-15-17)14-33-25(24)18-11-19(13-31-12-18)34-22(39)10-16-4-2-1-3-5-16/h1-9,11-15,22,34,39H,10H2,(H,35,36)(H,37,38). The number of anilines is 1. The van der Waals surface area contributed by atoms with Gasteiger partial charge in [0.25, 0.3) is 0 Å². The average molecular weight is 533 g/mol. The molecule has 40 heavy (non-hydrogen) atoms. The third-order valence-electron chi connectivity index (χ3n) is 6.58. The summed E-state index contributed by atoms with van der Waals surface area (Å²) in [6.07, 6.45) is 8.99. The topological polar surface area (TPSA) is 141 Å². The quantitative estimate of drug-likeness (QED) is 0.202. The molecule has 0 aliphatic heterocycles. The molecule has 0 amide bonds. The van der Waals surface area contributed by atoms with Crippen LogP contribution in [-0.2, 0) is 6.42 Å². The Kier molecular flexibility index (Phi) is 5.75. The van der Waals surface area contributed by atoms with E-state index in [9.17, 15) is 5.11 Å². The van der Waals surface area contributed by atoms with Crippen LogP contribution in [0.2, 0.25) is 0 Å². The zero-order chi connectivity index (χ0) is 27.1. The number of imidazole rings is 1. The van der Waals surface area contributed by atoms with Crippen molar-refractivity contribution in [3.05, 3.63) is 97.2 Å². The zero-order valence-corrected chi connectivity index (χ0v) is 20.8. The number of rotatable bonds is 7. The van der Waals surface area contributed by atoms with Crippen molar-refractivity contribution in [1.29, 1.82) is 0 Å². The summed E-state index contributed by atoms with van der Waals surface area (Å²) < 4.78 is 21.3. The Bertz CT molecular complexity index is 1950. The van der Waals surface area contributed by atoms with Crippen LogP contribution < -0.4 is 5.32 Å². The molecule has 7 aromatic rings. The summed E-state index contributed by atoms with van der Waals surface area (Å²) in [4.78, 5) is 21.0. The van der Waals surface area contributed by atoms with Crippen molar-refractivity contribution in [3.8, 4) is 34.0 Å². The van der Waals surface area contributed by atoms with Crippen LogP contribution in [0.25, 0.3) is 56.0 Å². The number of nitrogens with zero attached hydrogens (tertiary/aromatic N) is 5.